The summed E-state index contributed by atoms with van der Waals surface area (Å²) in [7, 11) is 0. The monoisotopic (exact) mass is 1020 g/mol. The molecule has 4 aromatic rings. The SMILES string of the molecule is CC(C)n1cnc2cc(-c3ccc4c(c3)N(C3CC(N5CCCCC5)C3)C(=O)C43CCN(C(=O)C4(C)CCN(C(=O)C5CCN(c6ccc(C7CCC(=O)NC7=O)cn6)CC5)CC4)CC3)nc(OC3CCOCC3)c21. The van der Waals surface area contributed by atoms with E-state index in [2.05, 4.69) is 74.6 Å². The summed E-state index contributed by atoms with van der Waals surface area (Å²) in [4.78, 5) is 93.7. The van der Waals surface area contributed by atoms with Crippen LogP contribution in [0.3, 0.4) is 0 Å². The second-order valence-electron chi connectivity index (χ2n) is 23.6. The van der Waals surface area contributed by atoms with E-state index in [0.29, 0.717) is 103 Å². The van der Waals surface area contributed by atoms with Gasteiger partial charge in [0.05, 0.1) is 42.1 Å². The number of pyridine rings is 2. The Balaban J connectivity index is 0.714. The Bertz CT molecular complexity index is 2820. The van der Waals surface area contributed by atoms with Gasteiger partial charge in [-0.05, 0) is 127 Å². The van der Waals surface area contributed by atoms with Crippen LogP contribution >= 0.6 is 0 Å². The molecule has 0 bridgehead atoms. The lowest BCUT2D eigenvalue weighted by molar-refractivity contribution is -0.150. The van der Waals surface area contributed by atoms with E-state index in [1.165, 1.54) is 19.3 Å². The molecule has 8 aliphatic rings. The third-order valence-electron chi connectivity index (χ3n) is 18.8. The van der Waals surface area contributed by atoms with Gasteiger partial charge >= 0.3 is 0 Å². The van der Waals surface area contributed by atoms with Crippen molar-refractivity contribution in [2.24, 2.45) is 11.3 Å². The van der Waals surface area contributed by atoms with Crippen molar-refractivity contribution < 1.29 is 33.4 Å². The number of amides is 5. The standard InChI is InChI=1S/C58H74N10O7/c1-37(2)67-36-60-47-34-46(61-53(51(47)67)75-43-15-29-74-30-16-43)39-7-10-45-48(31-39)68(42-32-41(33-42)63-21-5-4-6-22-63)56(73)58(45)19-27-66(28-20-58)55(72)57(3)17-25-65(26-18-57)54(71)38-13-23-64(24-14-38)49-11-8-40(35-59-49)44-9-12-50(69)62-52(44)70/h7-8,10-11,31,34-38,41-44H,4-6,9,12-30,32-33H2,1-3H3,(H,62,69,70). The van der Waals surface area contributed by atoms with Gasteiger partial charge in [-0.15, -0.1) is 0 Å². The van der Waals surface area contributed by atoms with Gasteiger partial charge in [0, 0.05) is 105 Å². The lowest BCUT2D eigenvalue weighted by atomic mass is 9.72. The van der Waals surface area contributed by atoms with Gasteiger partial charge in [0.25, 0.3) is 0 Å². The van der Waals surface area contributed by atoms with Crippen LogP contribution in [0.2, 0.25) is 0 Å². The summed E-state index contributed by atoms with van der Waals surface area (Å²) < 4.78 is 14.5. The highest BCUT2D eigenvalue weighted by Gasteiger charge is 2.57. The quantitative estimate of drug-likeness (QED) is 0.163. The number of imide groups is 1. The van der Waals surface area contributed by atoms with Gasteiger partial charge in [-0.3, -0.25) is 29.3 Å². The number of aromatic nitrogens is 4. The molecule has 17 heteroatoms. The average molecular weight is 1020 g/mol. The predicted octanol–water partition coefficient (Wildman–Crippen LogP) is 6.92. The predicted molar refractivity (Wildman–Crippen MR) is 283 cm³/mol. The van der Waals surface area contributed by atoms with E-state index in [4.69, 9.17) is 19.4 Å². The minimum Gasteiger partial charge on any atom is -0.473 e. The highest BCUT2D eigenvalue weighted by atomic mass is 16.5. The van der Waals surface area contributed by atoms with Gasteiger partial charge in [0.1, 0.15) is 17.4 Å². The van der Waals surface area contributed by atoms with Crippen molar-refractivity contribution in [1.82, 2.24) is 39.5 Å². The molecule has 1 aliphatic carbocycles. The van der Waals surface area contributed by atoms with Crippen LogP contribution in [0.25, 0.3) is 22.3 Å². The normalized spacial score (nSPS) is 25.7. The Labute approximate surface area is 440 Å². The van der Waals surface area contributed by atoms with Crippen LogP contribution in [0.4, 0.5) is 11.5 Å². The zero-order valence-electron chi connectivity index (χ0n) is 44.1. The fourth-order valence-corrected chi connectivity index (χ4v) is 13.9. The fourth-order valence-electron chi connectivity index (χ4n) is 13.9. The number of carbonyl (C=O) groups is 5. The number of benzene rings is 1. The van der Waals surface area contributed by atoms with E-state index < -0.39 is 10.8 Å². The third kappa shape index (κ3) is 9.26. The van der Waals surface area contributed by atoms with Crippen LogP contribution in [-0.4, -0.2) is 148 Å². The van der Waals surface area contributed by atoms with Crippen LogP contribution in [0.15, 0.2) is 48.9 Å². The van der Waals surface area contributed by atoms with E-state index in [0.717, 1.165) is 96.5 Å². The number of likely N-dealkylation sites (tertiary alicyclic amines) is 3. The number of ether oxygens (including phenoxy) is 2. The van der Waals surface area contributed by atoms with Crippen molar-refractivity contribution >= 4 is 52.1 Å². The maximum Gasteiger partial charge on any atom is 0.241 e. The Morgan fingerprint density at radius 2 is 1.53 bits per heavy atom. The van der Waals surface area contributed by atoms with Crippen LogP contribution in [0.1, 0.15) is 140 Å². The molecule has 7 aliphatic heterocycles. The molecule has 1 saturated carbocycles. The summed E-state index contributed by atoms with van der Waals surface area (Å²) in [5.41, 5.74) is 4.97. The number of hydrogen-bond donors (Lipinski definition) is 1. The first-order valence-electron chi connectivity index (χ1n) is 28.3. The molecule has 398 valence electrons. The Hall–Kier alpha value is -5.94. The van der Waals surface area contributed by atoms with E-state index in [1.54, 1.807) is 6.20 Å². The number of imidazole rings is 1. The van der Waals surface area contributed by atoms with Gasteiger partial charge in [0.15, 0.2) is 0 Å². The molecule has 12 rings (SSSR count). The molecular formula is C58H74N10O7. The van der Waals surface area contributed by atoms with Gasteiger partial charge in [0.2, 0.25) is 35.4 Å². The molecule has 7 fully saturated rings. The minimum absolute atomic E-state index is 0.00422. The van der Waals surface area contributed by atoms with E-state index in [9.17, 15) is 19.2 Å². The van der Waals surface area contributed by atoms with E-state index in [1.807, 2.05) is 28.3 Å². The molecule has 1 unspecified atom stereocenters. The summed E-state index contributed by atoms with van der Waals surface area (Å²) >= 11 is 0. The number of hydrogen-bond acceptors (Lipinski definition) is 12. The average Bonchev–Trinajstić information content (AvgIpc) is 3.98. The number of fused-ring (bicyclic) bond motifs is 3. The Morgan fingerprint density at radius 1 is 0.800 bits per heavy atom. The number of rotatable bonds is 10. The smallest absolute Gasteiger partial charge is 0.241 e. The van der Waals surface area contributed by atoms with Gasteiger partial charge in [-0.2, -0.15) is 0 Å². The van der Waals surface area contributed by atoms with E-state index >= 15 is 4.79 Å². The van der Waals surface area contributed by atoms with Crippen molar-refractivity contribution in [3.05, 3.63) is 60.0 Å². The number of nitrogens with one attached hydrogen (secondary N) is 1. The van der Waals surface area contributed by atoms with Crippen molar-refractivity contribution in [1.29, 1.82) is 0 Å². The number of anilines is 2. The molecular weight excluding hydrogens is 949 g/mol. The maximum absolute atomic E-state index is 15.4. The highest BCUT2D eigenvalue weighted by molar-refractivity contribution is 6.09. The first kappa shape index (κ1) is 49.9. The van der Waals surface area contributed by atoms with Crippen molar-refractivity contribution in [2.45, 2.75) is 153 Å². The molecule has 1 aromatic carbocycles. The Kier molecular flexibility index (Phi) is 13.4. The molecule has 1 spiro atoms. The molecule has 75 heavy (non-hydrogen) atoms. The van der Waals surface area contributed by atoms with Crippen LogP contribution < -0.4 is 19.9 Å². The second-order valence-corrected chi connectivity index (χ2v) is 23.6. The lowest BCUT2D eigenvalue weighted by Gasteiger charge is -2.48. The maximum atomic E-state index is 15.4. The molecule has 5 amide bonds. The van der Waals surface area contributed by atoms with Crippen molar-refractivity contribution in [3.63, 3.8) is 0 Å². The van der Waals surface area contributed by atoms with Gasteiger partial charge < -0.3 is 38.5 Å². The highest BCUT2D eigenvalue weighted by Crippen LogP contribution is 2.53. The summed E-state index contributed by atoms with van der Waals surface area (Å²) in [5.74, 6) is 0.939. The topological polar surface area (TPSA) is 176 Å². The van der Waals surface area contributed by atoms with E-state index in [-0.39, 0.29) is 59.6 Å². The molecule has 17 nitrogen and oxygen atoms in total. The first-order valence-corrected chi connectivity index (χ1v) is 28.3. The first-order chi connectivity index (χ1) is 36.4. The lowest BCUT2D eigenvalue weighted by Crippen LogP contribution is -2.59. The zero-order chi connectivity index (χ0) is 51.6. The number of piperidine rings is 5. The summed E-state index contributed by atoms with van der Waals surface area (Å²) in [6.07, 6.45) is 15.6. The van der Waals surface area contributed by atoms with Crippen molar-refractivity contribution in [3.8, 4) is 17.1 Å². The number of carbonyl (C=O) groups excluding carboxylic acids is 5. The van der Waals surface area contributed by atoms with Crippen LogP contribution in [0, 0.1) is 11.3 Å². The van der Waals surface area contributed by atoms with Crippen LogP contribution in [-0.2, 0) is 34.1 Å². The summed E-state index contributed by atoms with van der Waals surface area (Å²) in [6, 6.07) is 13.2. The zero-order valence-corrected chi connectivity index (χ0v) is 44.1. The largest absolute Gasteiger partial charge is 0.473 e. The fraction of sp³-hybridized carbons (Fsp3) is 0.621. The Morgan fingerprint density at radius 3 is 2.23 bits per heavy atom. The molecule has 3 aromatic heterocycles. The van der Waals surface area contributed by atoms with Gasteiger partial charge in [-0.25, -0.2) is 15.0 Å². The third-order valence-corrected chi connectivity index (χ3v) is 18.8. The summed E-state index contributed by atoms with van der Waals surface area (Å²) in [5, 5.41) is 2.43. The van der Waals surface area contributed by atoms with Crippen LogP contribution in [0.5, 0.6) is 5.88 Å². The number of nitrogens with zero attached hydrogens (tertiary/aromatic N) is 9. The minimum atomic E-state index is -0.715. The summed E-state index contributed by atoms with van der Waals surface area (Å²) in [6.45, 7) is 13.5. The van der Waals surface area contributed by atoms with Crippen molar-refractivity contribution in [2.75, 3.05) is 75.4 Å². The molecule has 1 N–H and O–H groups in total. The second kappa shape index (κ2) is 20.2. The molecule has 6 saturated heterocycles. The van der Waals surface area contributed by atoms with Gasteiger partial charge in [-0.1, -0.05) is 31.5 Å². The molecule has 0 radical (unpaired) electrons. The molecule has 1 atom stereocenters. The molecule has 10 heterocycles.